The Morgan fingerprint density at radius 3 is 2.79 bits per heavy atom. The number of carbonyl (C=O) groups excluding carboxylic acids is 2. The number of pyridine rings is 1. The predicted octanol–water partition coefficient (Wildman–Crippen LogP) is 2.72. The number of amides is 2. The number of piperazine rings is 2. The fourth-order valence-corrected chi connectivity index (χ4v) is 6.08. The van der Waals surface area contributed by atoms with E-state index in [0.29, 0.717) is 41.0 Å². The lowest BCUT2D eigenvalue weighted by Crippen LogP contribution is -2.51. The van der Waals surface area contributed by atoms with E-state index >= 15 is 0 Å². The van der Waals surface area contributed by atoms with Crippen molar-refractivity contribution in [3.63, 3.8) is 0 Å². The zero-order valence-corrected chi connectivity index (χ0v) is 24.0. The van der Waals surface area contributed by atoms with Crippen LogP contribution in [0.1, 0.15) is 16.8 Å². The van der Waals surface area contributed by atoms with Crippen LogP contribution in [0.25, 0.3) is 5.65 Å². The average Bonchev–Trinajstić information content (AvgIpc) is 3.68. The molecule has 42 heavy (non-hydrogen) atoms. The predicted molar refractivity (Wildman–Crippen MR) is 159 cm³/mol. The van der Waals surface area contributed by atoms with Gasteiger partial charge in [0.15, 0.2) is 5.65 Å². The summed E-state index contributed by atoms with van der Waals surface area (Å²) in [6.45, 7) is 4.70. The van der Waals surface area contributed by atoms with Gasteiger partial charge in [-0.2, -0.15) is 10.1 Å². The number of anilines is 3. The van der Waals surface area contributed by atoms with Gasteiger partial charge in [0.2, 0.25) is 11.9 Å². The minimum atomic E-state index is -0.0242. The Hall–Kier alpha value is -4.42. The average molecular weight is 587 g/mol. The third kappa shape index (κ3) is 5.07. The molecule has 6 heterocycles. The molecule has 2 amide bonds. The monoisotopic (exact) mass is 586 g/mol. The highest BCUT2D eigenvalue weighted by molar-refractivity contribution is 6.31. The van der Waals surface area contributed by atoms with Gasteiger partial charge in [0.05, 0.1) is 30.2 Å². The van der Waals surface area contributed by atoms with Gasteiger partial charge in [0.1, 0.15) is 6.54 Å². The third-order valence-electron chi connectivity index (χ3n) is 8.10. The van der Waals surface area contributed by atoms with Crippen molar-refractivity contribution in [3.05, 3.63) is 77.3 Å². The maximum absolute atomic E-state index is 13.3. The normalized spacial score (nSPS) is 19.0. The van der Waals surface area contributed by atoms with Crippen LogP contribution in [-0.2, 0) is 11.3 Å². The Kier molecular flexibility index (Phi) is 6.79. The molecule has 0 aliphatic carbocycles. The fraction of sp³-hybridized carbons (Fsp3) is 0.345. The molecule has 12 nitrogen and oxygen atoms in total. The number of halogens is 1. The second-order valence-corrected chi connectivity index (χ2v) is 11.4. The summed E-state index contributed by atoms with van der Waals surface area (Å²) in [5.41, 5.74) is 3.94. The lowest BCUT2D eigenvalue weighted by atomic mass is 10.1. The van der Waals surface area contributed by atoms with Crippen LogP contribution in [0.15, 0.2) is 66.8 Å². The van der Waals surface area contributed by atoms with Gasteiger partial charge in [-0.1, -0.05) is 23.7 Å². The van der Waals surface area contributed by atoms with Crippen molar-refractivity contribution in [2.75, 3.05) is 56.5 Å². The molecule has 0 spiro atoms. The lowest BCUT2D eigenvalue weighted by molar-refractivity contribution is -0.133. The summed E-state index contributed by atoms with van der Waals surface area (Å²) in [7, 11) is 2.07. The molecule has 13 heteroatoms. The standard InChI is InChI=1S/C29H31ClN10O2/c1-35-10-12-36(13-11-35)26(41)19-38-16-22(15-31-38)32-29-33-27-25(6-3-9-39(27)34-29)37-17-23-7-8-24(18-37)40(23)28(42)20-4-2-5-21(30)14-20/h2-7,9,14-16,24H,8,10-13,17-19H2,1H3,(H,32,34). The van der Waals surface area contributed by atoms with E-state index in [9.17, 15) is 9.59 Å². The summed E-state index contributed by atoms with van der Waals surface area (Å²) in [5, 5.41) is 12.8. The van der Waals surface area contributed by atoms with Gasteiger partial charge in [-0.25, -0.2) is 4.52 Å². The number of fused-ring (bicyclic) bond motifs is 3. The largest absolute Gasteiger partial charge is 0.361 e. The molecule has 4 aromatic rings. The second kappa shape index (κ2) is 10.8. The van der Waals surface area contributed by atoms with Crippen molar-refractivity contribution in [1.82, 2.24) is 39.1 Å². The number of rotatable bonds is 6. The lowest BCUT2D eigenvalue weighted by Gasteiger charge is -2.40. The number of likely N-dealkylation sites (N-methyl/N-ethyl adjacent to an activating group) is 1. The maximum atomic E-state index is 13.3. The highest BCUT2D eigenvalue weighted by Crippen LogP contribution is 2.34. The summed E-state index contributed by atoms with van der Waals surface area (Å²) in [5.74, 6) is 0.472. The van der Waals surface area contributed by atoms with Crippen molar-refractivity contribution in [2.24, 2.45) is 0 Å². The van der Waals surface area contributed by atoms with Crippen molar-refractivity contribution < 1.29 is 9.59 Å². The van der Waals surface area contributed by atoms with E-state index in [1.54, 1.807) is 45.9 Å². The molecule has 3 aromatic heterocycles. The third-order valence-corrected chi connectivity index (χ3v) is 8.33. The van der Waals surface area contributed by atoms with Gasteiger partial charge in [0.25, 0.3) is 5.91 Å². The van der Waals surface area contributed by atoms with E-state index in [0.717, 1.165) is 44.0 Å². The van der Waals surface area contributed by atoms with Crippen LogP contribution >= 0.6 is 11.6 Å². The smallest absolute Gasteiger partial charge is 0.258 e. The molecule has 216 valence electrons. The van der Waals surface area contributed by atoms with Crippen molar-refractivity contribution in [1.29, 1.82) is 0 Å². The number of hydrogen-bond acceptors (Lipinski definition) is 8. The minimum absolute atomic E-state index is 0.0242. The fourth-order valence-electron chi connectivity index (χ4n) is 5.89. The molecule has 1 atom stereocenters. The first-order chi connectivity index (χ1) is 20.4. The molecule has 3 aliphatic rings. The quantitative estimate of drug-likeness (QED) is 0.368. The van der Waals surface area contributed by atoms with Crippen LogP contribution in [0.2, 0.25) is 5.02 Å². The van der Waals surface area contributed by atoms with Crippen molar-refractivity contribution in [3.8, 4) is 0 Å². The van der Waals surface area contributed by atoms with Crippen LogP contribution < -0.4 is 10.2 Å². The zero-order chi connectivity index (χ0) is 28.8. The molecule has 3 aliphatic heterocycles. The first-order valence-electron chi connectivity index (χ1n) is 14.1. The highest BCUT2D eigenvalue weighted by atomic mass is 35.5. The number of aromatic nitrogens is 5. The van der Waals surface area contributed by atoms with E-state index in [2.05, 4.69) is 38.4 Å². The van der Waals surface area contributed by atoms with Gasteiger partial charge in [0, 0.05) is 61.4 Å². The molecular weight excluding hydrogens is 556 g/mol. The van der Waals surface area contributed by atoms with Crippen molar-refractivity contribution in [2.45, 2.75) is 19.0 Å². The first kappa shape index (κ1) is 26.5. The Bertz CT molecular complexity index is 1690. The molecule has 2 fully saturated rings. The van der Waals surface area contributed by atoms with Gasteiger partial charge in [-0.05, 0) is 43.8 Å². The molecule has 2 saturated heterocycles. The molecule has 2 bridgehead atoms. The molecule has 7 rings (SSSR count). The minimum Gasteiger partial charge on any atom is -0.361 e. The van der Waals surface area contributed by atoms with Gasteiger partial charge >= 0.3 is 0 Å². The maximum Gasteiger partial charge on any atom is 0.258 e. The van der Waals surface area contributed by atoms with Crippen LogP contribution in [0.3, 0.4) is 0 Å². The first-order valence-corrected chi connectivity index (χ1v) is 14.4. The summed E-state index contributed by atoms with van der Waals surface area (Å²) >= 11 is 6.15. The Labute approximate surface area is 247 Å². The molecule has 1 N–H and O–H groups in total. The topological polar surface area (TPSA) is 107 Å². The summed E-state index contributed by atoms with van der Waals surface area (Å²) < 4.78 is 3.39. The van der Waals surface area contributed by atoms with E-state index in [1.807, 2.05) is 28.1 Å². The number of carbonyl (C=O) groups is 2. The molecule has 0 radical (unpaired) electrons. The van der Waals surface area contributed by atoms with E-state index in [-0.39, 0.29) is 24.4 Å². The van der Waals surface area contributed by atoms with E-state index in [4.69, 9.17) is 16.6 Å². The Morgan fingerprint density at radius 2 is 1.98 bits per heavy atom. The summed E-state index contributed by atoms with van der Waals surface area (Å²) in [4.78, 5) is 39.1. The SMILES string of the molecule is CN1CCN(C(=O)Cn2cc(Nc3nc4c(N5CC6=CCC(C5)N6C(=O)c5cccc(Cl)c5)cccn4n3)cn2)CC1. The van der Waals surface area contributed by atoms with Crippen LogP contribution in [0, 0.1) is 0 Å². The number of nitrogens with one attached hydrogen (secondary N) is 1. The van der Waals surface area contributed by atoms with Crippen LogP contribution in [-0.4, -0.2) is 103 Å². The molecular formula is C29H31ClN10O2. The molecule has 1 unspecified atom stereocenters. The second-order valence-electron chi connectivity index (χ2n) is 11.0. The number of nitrogens with zero attached hydrogens (tertiary/aromatic N) is 9. The number of benzene rings is 1. The molecule has 1 aromatic carbocycles. The van der Waals surface area contributed by atoms with Gasteiger partial charge in [-0.3, -0.25) is 14.3 Å². The van der Waals surface area contributed by atoms with Gasteiger partial charge < -0.3 is 24.9 Å². The number of hydrogen-bond donors (Lipinski definition) is 1. The van der Waals surface area contributed by atoms with Crippen LogP contribution in [0.5, 0.6) is 0 Å². The Morgan fingerprint density at radius 1 is 1.12 bits per heavy atom. The van der Waals surface area contributed by atoms with Crippen LogP contribution in [0.4, 0.5) is 17.3 Å². The summed E-state index contributed by atoms with van der Waals surface area (Å²) in [6, 6.07) is 11.1. The van der Waals surface area contributed by atoms with E-state index < -0.39 is 0 Å². The van der Waals surface area contributed by atoms with Crippen molar-refractivity contribution >= 4 is 46.4 Å². The zero-order valence-electron chi connectivity index (χ0n) is 23.2. The molecule has 0 saturated carbocycles. The Balaban J connectivity index is 1.04. The van der Waals surface area contributed by atoms with Gasteiger partial charge in [-0.15, -0.1) is 5.10 Å². The van der Waals surface area contributed by atoms with E-state index in [1.165, 1.54) is 0 Å². The summed E-state index contributed by atoms with van der Waals surface area (Å²) in [6.07, 6.45) is 8.28. The highest BCUT2D eigenvalue weighted by Gasteiger charge is 2.38.